The highest BCUT2D eigenvalue weighted by molar-refractivity contribution is 5.56. The van der Waals surface area contributed by atoms with E-state index in [1.807, 2.05) is 0 Å². The second-order valence-corrected chi connectivity index (χ2v) is 10.5. The Morgan fingerprint density at radius 3 is 2.52 bits per heavy atom. The molecule has 1 nitrogen and oxygen atoms in total. The molecule has 0 aromatic carbocycles. The first kappa shape index (κ1) is 15.9. The molecule has 0 aromatic heterocycles. The molecule has 0 saturated heterocycles. The summed E-state index contributed by atoms with van der Waals surface area (Å²) in [4.78, 5) is 11.6. The predicted molar refractivity (Wildman–Crippen MR) is 95.0 cm³/mol. The average molecular weight is 315 g/mol. The van der Waals surface area contributed by atoms with Crippen molar-refractivity contribution in [1.29, 1.82) is 0 Å². The third-order valence-electron chi connectivity index (χ3n) is 8.85. The van der Waals surface area contributed by atoms with E-state index in [0.717, 1.165) is 24.2 Å². The van der Waals surface area contributed by atoms with E-state index in [0.29, 0.717) is 22.2 Å². The fourth-order valence-electron chi connectivity index (χ4n) is 7.24. The molecule has 3 saturated carbocycles. The maximum Gasteiger partial charge on any atom is 0.123 e. The van der Waals surface area contributed by atoms with Crippen molar-refractivity contribution in [3.05, 3.63) is 11.6 Å². The summed E-state index contributed by atoms with van der Waals surface area (Å²) in [5, 5.41) is 0. The average Bonchev–Trinajstić information content (AvgIpc) is 2.84. The van der Waals surface area contributed by atoms with Gasteiger partial charge in [0.05, 0.1) is 0 Å². The van der Waals surface area contributed by atoms with Crippen LogP contribution in [0.2, 0.25) is 0 Å². The summed E-state index contributed by atoms with van der Waals surface area (Å²) in [5.41, 5.74) is 3.04. The van der Waals surface area contributed by atoms with E-state index in [4.69, 9.17) is 0 Å². The molecule has 0 amide bonds. The van der Waals surface area contributed by atoms with E-state index in [1.165, 1.54) is 51.2 Å². The second kappa shape index (κ2) is 4.96. The Balaban J connectivity index is 1.67. The molecule has 0 N–H and O–H groups in total. The van der Waals surface area contributed by atoms with Gasteiger partial charge in [-0.25, -0.2) is 0 Å². The molecule has 4 aliphatic rings. The third kappa shape index (κ3) is 2.14. The van der Waals surface area contributed by atoms with Crippen LogP contribution < -0.4 is 0 Å². The van der Waals surface area contributed by atoms with E-state index in [2.05, 4.69) is 33.8 Å². The summed E-state index contributed by atoms with van der Waals surface area (Å²) < 4.78 is 0. The molecule has 23 heavy (non-hydrogen) atoms. The fourth-order valence-corrected chi connectivity index (χ4v) is 7.24. The molecule has 4 rings (SSSR count). The van der Waals surface area contributed by atoms with Gasteiger partial charge in [0, 0.05) is 5.92 Å². The molecular formula is C22H34O. The second-order valence-electron chi connectivity index (χ2n) is 10.5. The van der Waals surface area contributed by atoms with Crippen LogP contribution in [0.5, 0.6) is 0 Å². The number of fused-ring (bicyclic) bond motifs is 5. The van der Waals surface area contributed by atoms with Crippen LogP contribution in [0.4, 0.5) is 0 Å². The molecule has 0 heterocycles. The molecule has 4 aliphatic carbocycles. The largest absolute Gasteiger partial charge is 0.303 e. The van der Waals surface area contributed by atoms with Crippen molar-refractivity contribution >= 4 is 6.29 Å². The number of rotatable bonds is 1. The SMILES string of the molecule is CC1(C)CC[C@@]2(C)C(=CC[C@H]3[C@@H]4CC[C@H](C=O)[C@@]4(C)CC[C@@H]32)C1. The lowest BCUT2D eigenvalue weighted by molar-refractivity contribution is -0.117. The lowest BCUT2D eigenvalue weighted by Crippen LogP contribution is -2.50. The lowest BCUT2D eigenvalue weighted by atomic mass is 9.46. The minimum atomic E-state index is 0.304. The monoisotopic (exact) mass is 314 g/mol. The topological polar surface area (TPSA) is 17.1 Å². The van der Waals surface area contributed by atoms with Gasteiger partial charge in [-0.05, 0) is 85.4 Å². The van der Waals surface area contributed by atoms with Crippen molar-refractivity contribution in [3.8, 4) is 0 Å². The number of hydrogen-bond acceptors (Lipinski definition) is 1. The smallest absolute Gasteiger partial charge is 0.123 e. The van der Waals surface area contributed by atoms with Crippen molar-refractivity contribution in [1.82, 2.24) is 0 Å². The molecule has 0 aromatic rings. The first-order valence-corrected chi connectivity index (χ1v) is 9.95. The molecule has 0 bridgehead atoms. The van der Waals surface area contributed by atoms with Crippen LogP contribution in [0.1, 0.15) is 79.1 Å². The first-order chi connectivity index (χ1) is 10.8. The van der Waals surface area contributed by atoms with E-state index in [1.54, 1.807) is 5.57 Å². The highest BCUT2D eigenvalue weighted by Crippen LogP contribution is 2.66. The van der Waals surface area contributed by atoms with Gasteiger partial charge in [0.25, 0.3) is 0 Å². The zero-order valence-electron chi connectivity index (χ0n) is 15.5. The van der Waals surface area contributed by atoms with E-state index in [9.17, 15) is 4.79 Å². The normalized spacial score (nSPS) is 51.2. The maximum absolute atomic E-state index is 11.6. The van der Waals surface area contributed by atoms with Crippen LogP contribution in [-0.2, 0) is 4.79 Å². The molecule has 0 radical (unpaired) electrons. The summed E-state index contributed by atoms with van der Waals surface area (Å²) in [7, 11) is 0. The van der Waals surface area contributed by atoms with Crippen LogP contribution in [0.25, 0.3) is 0 Å². The van der Waals surface area contributed by atoms with Crippen LogP contribution in [0, 0.1) is 39.9 Å². The molecule has 3 fully saturated rings. The Morgan fingerprint density at radius 2 is 1.78 bits per heavy atom. The Morgan fingerprint density at radius 1 is 1.00 bits per heavy atom. The summed E-state index contributed by atoms with van der Waals surface area (Å²) in [6, 6.07) is 0. The zero-order chi connectivity index (χ0) is 16.5. The number of hydrogen-bond donors (Lipinski definition) is 0. The lowest BCUT2D eigenvalue weighted by Gasteiger charge is -2.59. The third-order valence-corrected chi connectivity index (χ3v) is 8.85. The van der Waals surface area contributed by atoms with Gasteiger partial charge >= 0.3 is 0 Å². The van der Waals surface area contributed by atoms with E-state index in [-0.39, 0.29) is 0 Å². The first-order valence-electron chi connectivity index (χ1n) is 9.95. The van der Waals surface area contributed by atoms with Crippen LogP contribution in [0.15, 0.2) is 11.6 Å². The highest BCUT2D eigenvalue weighted by atomic mass is 16.1. The van der Waals surface area contributed by atoms with Gasteiger partial charge in [0.1, 0.15) is 6.29 Å². The molecule has 0 spiro atoms. The summed E-state index contributed by atoms with van der Waals surface area (Å²) in [6.45, 7) is 9.91. The summed E-state index contributed by atoms with van der Waals surface area (Å²) in [6.07, 6.45) is 14.4. The Hall–Kier alpha value is -0.590. The van der Waals surface area contributed by atoms with E-state index >= 15 is 0 Å². The van der Waals surface area contributed by atoms with Gasteiger partial charge in [0.2, 0.25) is 0 Å². The minimum absolute atomic E-state index is 0.304. The standard InChI is InChI=1S/C22H34O/c1-20(2)11-12-22(4)15(13-20)5-7-17-18-8-6-16(14-23)21(18,3)10-9-19(17)22/h5,14,16-19H,6-13H2,1-4H3/t16-,17+,18+,19+,21-,22+/m1/s1. The number of allylic oxidation sites excluding steroid dienone is 2. The quantitative estimate of drug-likeness (QED) is 0.442. The number of carbonyl (C=O) groups excluding carboxylic acids is 1. The summed E-state index contributed by atoms with van der Waals surface area (Å²) >= 11 is 0. The predicted octanol–water partition coefficient (Wildman–Crippen LogP) is 5.79. The molecule has 1 heteroatoms. The molecular weight excluding hydrogens is 280 g/mol. The molecule has 6 atom stereocenters. The van der Waals surface area contributed by atoms with Crippen molar-refractivity contribution < 1.29 is 4.79 Å². The van der Waals surface area contributed by atoms with Gasteiger partial charge in [-0.3, -0.25) is 0 Å². The van der Waals surface area contributed by atoms with Crippen molar-refractivity contribution in [2.24, 2.45) is 39.9 Å². The van der Waals surface area contributed by atoms with Crippen LogP contribution in [-0.4, -0.2) is 6.29 Å². The van der Waals surface area contributed by atoms with Gasteiger partial charge in [0.15, 0.2) is 0 Å². The summed E-state index contributed by atoms with van der Waals surface area (Å²) in [5.74, 6) is 2.84. The van der Waals surface area contributed by atoms with Gasteiger partial charge in [-0.15, -0.1) is 0 Å². The maximum atomic E-state index is 11.6. The zero-order valence-corrected chi connectivity index (χ0v) is 15.5. The Kier molecular flexibility index (Phi) is 3.43. The van der Waals surface area contributed by atoms with Gasteiger partial charge < -0.3 is 4.79 Å². The highest BCUT2D eigenvalue weighted by Gasteiger charge is 2.58. The molecule has 128 valence electrons. The van der Waals surface area contributed by atoms with Crippen molar-refractivity contribution in [2.75, 3.05) is 0 Å². The molecule has 0 aliphatic heterocycles. The fraction of sp³-hybridized carbons (Fsp3) is 0.864. The van der Waals surface area contributed by atoms with Crippen LogP contribution >= 0.6 is 0 Å². The van der Waals surface area contributed by atoms with Crippen LogP contribution in [0.3, 0.4) is 0 Å². The molecule has 0 unspecified atom stereocenters. The van der Waals surface area contributed by atoms with Crippen molar-refractivity contribution in [2.45, 2.75) is 79.1 Å². The van der Waals surface area contributed by atoms with Crippen molar-refractivity contribution in [3.63, 3.8) is 0 Å². The number of aldehydes is 1. The Labute approximate surface area is 142 Å². The minimum Gasteiger partial charge on any atom is -0.303 e. The van der Waals surface area contributed by atoms with Gasteiger partial charge in [-0.1, -0.05) is 39.3 Å². The number of carbonyl (C=O) groups is 1. The van der Waals surface area contributed by atoms with Gasteiger partial charge in [-0.2, -0.15) is 0 Å². The Bertz CT molecular complexity index is 544. The van der Waals surface area contributed by atoms with E-state index < -0.39 is 0 Å².